The van der Waals surface area contributed by atoms with Crippen molar-refractivity contribution in [3.63, 3.8) is 0 Å². The monoisotopic (exact) mass is 471 g/mol. The first kappa shape index (κ1) is 22.8. The lowest BCUT2D eigenvalue weighted by molar-refractivity contribution is 0.0752. The van der Waals surface area contributed by atoms with Crippen LogP contribution in [0.25, 0.3) is 10.9 Å². The Labute approximate surface area is 196 Å². The van der Waals surface area contributed by atoms with Crippen LogP contribution in [0.15, 0.2) is 30.5 Å². The summed E-state index contributed by atoms with van der Waals surface area (Å²) in [4.78, 5) is 17.2. The average molecular weight is 472 g/mol. The molecule has 1 fully saturated rings. The Hall–Kier alpha value is -3.00. The first-order chi connectivity index (χ1) is 16.3. The van der Waals surface area contributed by atoms with Gasteiger partial charge < -0.3 is 15.5 Å². The number of carbonyl (C=O) groups excluding carboxylic acids is 1. The van der Waals surface area contributed by atoms with E-state index in [1.807, 2.05) is 0 Å². The number of hydrogen-bond donors (Lipinski definition) is 2. The summed E-state index contributed by atoms with van der Waals surface area (Å²) in [6, 6.07) is 5.00. The highest BCUT2D eigenvalue weighted by Gasteiger charge is 2.35. The maximum Gasteiger partial charge on any atom is 0.249 e. The van der Waals surface area contributed by atoms with Crippen LogP contribution in [0.1, 0.15) is 47.7 Å². The number of nitrogens with two attached hydrogens (primary N) is 1. The summed E-state index contributed by atoms with van der Waals surface area (Å²) < 4.78 is 48.0. The largest absolute Gasteiger partial charge is 0.489 e. The zero-order valence-corrected chi connectivity index (χ0v) is 19.0. The molecule has 180 valence electrons. The molecule has 1 aromatic heterocycles. The van der Waals surface area contributed by atoms with Crippen LogP contribution in [0.5, 0.6) is 5.75 Å². The molecule has 0 bridgehead atoms. The number of nitrogens with one attached hydrogen (secondary N) is 1. The maximum atomic E-state index is 14.3. The average Bonchev–Trinajstić information content (AvgIpc) is 3.53. The molecule has 1 aliphatic carbocycles. The van der Waals surface area contributed by atoms with Gasteiger partial charge in [0.15, 0.2) is 11.6 Å². The van der Waals surface area contributed by atoms with Gasteiger partial charge in [-0.15, -0.1) is 0 Å². The van der Waals surface area contributed by atoms with Crippen LogP contribution in [-0.2, 0) is 12.8 Å². The number of rotatable bonds is 8. The highest BCUT2D eigenvalue weighted by atomic mass is 19.1. The molecule has 2 heterocycles. The van der Waals surface area contributed by atoms with E-state index in [9.17, 15) is 18.0 Å². The SMILES string of the molecule is C[C@@H](CCc1c[nH]c2c(F)cc(F)cc12)N(CC1CC1)[C@H]1COc2c(F)ccc(C(N)=O)c2C1. The molecule has 3 aromatic rings. The number of benzene rings is 2. The summed E-state index contributed by atoms with van der Waals surface area (Å²) in [5, 5.41) is 0.565. The molecule has 2 atom stereocenters. The van der Waals surface area contributed by atoms with Crippen molar-refractivity contribution in [2.24, 2.45) is 11.7 Å². The molecule has 1 amide bonds. The molecule has 5 nitrogen and oxygen atoms in total. The number of aryl methyl sites for hydroxylation is 1. The Balaban J connectivity index is 1.35. The van der Waals surface area contributed by atoms with Gasteiger partial charge in [-0.05, 0) is 68.7 Å². The standard InChI is InChI=1S/C26H28F3N3O2/c1-14(2-5-16-11-31-24-20(16)8-17(27)9-23(24)29)32(12-15-3-4-15)18-10-21-19(26(30)33)6-7-22(28)25(21)34-13-18/h6-9,11,14-15,18,31H,2-5,10,12-13H2,1H3,(H2,30,33)/t14-,18+/m0/s1. The van der Waals surface area contributed by atoms with Gasteiger partial charge in [0, 0.05) is 47.4 Å². The number of aromatic amines is 1. The number of ether oxygens (including phenoxy) is 1. The smallest absolute Gasteiger partial charge is 0.249 e. The van der Waals surface area contributed by atoms with Gasteiger partial charge >= 0.3 is 0 Å². The fourth-order valence-electron chi connectivity index (χ4n) is 5.11. The number of nitrogens with zero attached hydrogens (tertiary/aromatic N) is 1. The van der Waals surface area contributed by atoms with Gasteiger partial charge in [-0.2, -0.15) is 0 Å². The summed E-state index contributed by atoms with van der Waals surface area (Å²) in [5.74, 6) is -1.54. The molecule has 0 radical (unpaired) electrons. The molecule has 0 saturated heterocycles. The summed E-state index contributed by atoms with van der Waals surface area (Å²) in [6.07, 6.45) is 5.99. The van der Waals surface area contributed by atoms with E-state index in [2.05, 4.69) is 16.8 Å². The van der Waals surface area contributed by atoms with E-state index in [1.54, 1.807) is 6.20 Å². The molecule has 1 saturated carbocycles. The van der Waals surface area contributed by atoms with E-state index in [4.69, 9.17) is 10.5 Å². The predicted octanol–water partition coefficient (Wildman–Crippen LogP) is 4.72. The second-order valence-corrected chi connectivity index (χ2v) is 9.59. The molecule has 2 aromatic carbocycles. The number of amides is 1. The van der Waals surface area contributed by atoms with Crippen molar-refractivity contribution in [3.8, 4) is 5.75 Å². The molecular formula is C26H28F3N3O2. The number of carbonyl (C=O) groups is 1. The minimum absolute atomic E-state index is 0.0270. The van der Waals surface area contributed by atoms with Crippen molar-refractivity contribution in [3.05, 3.63) is 64.6 Å². The molecule has 5 rings (SSSR count). The van der Waals surface area contributed by atoms with E-state index in [0.29, 0.717) is 47.4 Å². The lowest BCUT2D eigenvalue weighted by Gasteiger charge is -2.39. The minimum atomic E-state index is -0.597. The van der Waals surface area contributed by atoms with Crippen molar-refractivity contribution in [2.45, 2.75) is 51.1 Å². The van der Waals surface area contributed by atoms with E-state index in [0.717, 1.165) is 24.6 Å². The van der Waals surface area contributed by atoms with Crippen LogP contribution in [0, 0.1) is 23.4 Å². The lowest BCUT2D eigenvalue weighted by Crippen LogP contribution is -2.49. The number of H-pyrrole nitrogens is 1. The fraction of sp³-hybridized carbons (Fsp3) is 0.423. The van der Waals surface area contributed by atoms with E-state index >= 15 is 0 Å². The van der Waals surface area contributed by atoms with Gasteiger partial charge in [-0.25, -0.2) is 13.2 Å². The summed E-state index contributed by atoms with van der Waals surface area (Å²) in [6.45, 7) is 3.35. The lowest BCUT2D eigenvalue weighted by atomic mass is 9.94. The highest BCUT2D eigenvalue weighted by molar-refractivity contribution is 5.95. The zero-order chi connectivity index (χ0) is 24.0. The molecule has 8 heteroatoms. The van der Waals surface area contributed by atoms with Gasteiger partial charge in [-0.1, -0.05) is 0 Å². The number of fused-ring (bicyclic) bond motifs is 2. The molecule has 34 heavy (non-hydrogen) atoms. The first-order valence-corrected chi connectivity index (χ1v) is 11.8. The summed E-state index contributed by atoms with van der Waals surface area (Å²) in [5.41, 5.74) is 7.55. The van der Waals surface area contributed by atoms with Gasteiger partial charge in [0.05, 0.1) is 5.52 Å². The number of hydrogen-bond acceptors (Lipinski definition) is 3. The predicted molar refractivity (Wildman–Crippen MR) is 123 cm³/mol. The Morgan fingerprint density at radius 3 is 2.76 bits per heavy atom. The number of aromatic nitrogens is 1. The maximum absolute atomic E-state index is 14.3. The van der Waals surface area contributed by atoms with Crippen LogP contribution >= 0.6 is 0 Å². The zero-order valence-electron chi connectivity index (χ0n) is 19.0. The molecule has 1 aliphatic heterocycles. The fourth-order valence-corrected chi connectivity index (χ4v) is 5.11. The Morgan fingerprint density at radius 2 is 2.03 bits per heavy atom. The van der Waals surface area contributed by atoms with E-state index in [1.165, 1.54) is 31.0 Å². The second-order valence-electron chi connectivity index (χ2n) is 9.59. The quantitative estimate of drug-likeness (QED) is 0.499. The normalized spacial score (nSPS) is 18.7. The van der Waals surface area contributed by atoms with Crippen LogP contribution in [-0.4, -0.2) is 41.0 Å². The van der Waals surface area contributed by atoms with Gasteiger partial charge in [0.1, 0.15) is 18.2 Å². The topological polar surface area (TPSA) is 71.3 Å². The Kier molecular flexibility index (Phi) is 6.02. The minimum Gasteiger partial charge on any atom is -0.489 e. The van der Waals surface area contributed by atoms with Crippen molar-refractivity contribution >= 4 is 16.8 Å². The number of halogens is 3. The molecule has 3 N–H and O–H groups in total. The third kappa shape index (κ3) is 4.39. The van der Waals surface area contributed by atoms with Crippen LogP contribution in [0.4, 0.5) is 13.2 Å². The summed E-state index contributed by atoms with van der Waals surface area (Å²) in [7, 11) is 0. The Morgan fingerprint density at radius 1 is 1.24 bits per heavy atom. The van der Waals surface area contributed by atoms with Gasteiger partial charge in [-0.3, -0.25) is 9.69 Å². The second kappa shape index (κ2) is 8.98. The molecule has 2 aliphatic rings. The van der Waals surface area contributed by atoms with Crippen molar-refractivity contribution < 1.29 is 22.7 Å². The molecule has 0 unspecified atom stereocenters. The molecule has 0 spiro atoms. The van der Waals surface area contributed by atoms with Gasteiger partial charge in [0.2, 0.25) is 5.91 Å². The van der Waals surface area contributed by atoms with Crippen LogP contribution < -0.4 is 10.5 Å². The first-order valence-electron chi connectivity index (χ1n) is 11.8. The van der Waals surface area contributed by atoms with Crippen LogP contribution in [0.2, 0.25) is 0 Å². The molecular weight excluding hydrogens is 443 g/mol. The van der Waals surface area contributed by atoms with Crippen molar-refractivity contribution in [2.75, 3.05) is 13.2 Å². The van der Waals surface area contributed by atoms with Crippen molar-refractivity contribution in [1.29, 1.82) is 0 Å². The highest BCUT2D eigenvalue weighted by Crippen LogP contribution is 2.36. The van der Waals surface area contributed by atoms with Crippen LogP contribution in [0.3, 0.4) is 0 Å². The summed E-state index contributed by atoms with van der Waals surface area (Å²) >= 11 is 0. The van der Waals surface area contributed by atoms with Crippen molar-refractivity contribution in [1.82, 2.24) is 9.88 Å². The van der Waals surface area contributed by atoms with E-state index < -0.39 is 23.4 Å². The third-order valence-corrected chi connectivity index (χ3v) is 7.16. The Bertz CT molecular complexity index is 1240. The third-order valence-electron chi connectivity index (χ3n) is 7.16. The van der Waals surface area contributed by atoms with E-state index in [-0.39, 0.29) is 17.8 Å². The van der Waals surface area contributed by atoms with Gasteiger partial charge in [0.25, 0.3) is 0 Å². The number of primary amides is 1.